The summed E-state index contributed by atoms with van der Waals surface area (Å²) < 4.78 is 5.41. The number of rotatable bonds is 9. The number of carbonyl (C=O) groups is 2. The molecule has 0 unspecified atom stereocenters. The molecule has 4 aromatic rings. The van der Waals surface area contributed by atoms with E-state index in [1.54, 1.807) is 29.7 Å². The Kier molecular flexibility index (Phi) is 5.86. The van der Waals surface area contributed by atoms with E-state index in [-0.39, 0.29) is 11.8 Å². The average Bonchev–Trinajstić information content (AvgIpc) is 3.81. The van der Waals surface area contributed by atoms with Crippen LogP contribution in [0.5, 0.6) is 0 Å². The van der Waals surface area contributed by atoms with Gasteiger partial charge in [0.05, 0.1) is 21.7 Å². The topological polar surface area (TPSA) is 75.4 Å². The second-order valence-electron chi connectivity index (χ2n) is 9.46. The molecule has 2 amide bonds. The minimum Gasteiger partial charge on any atom is -0.464 e. The predicted molar refractivity (Wildman–Crippen MR) is 137 cm³/mol. The van der Waals surface area contributed by atoms with Gasteiger partial charge >= 0.3 is 0 Å². The largest absolute Gasteiger partial charge is 0.464 e. The number of benzene rings is 2. The monoisotopic (exact) mass is 485 g/mol. The van der Waals surface area contributed by atoms with Gasteiger partial charge < -0.3 is 14.6 Å². The highest BCUT2D eigenvalue weighted by Gasteiger charge is 2.33. The van der Waals surface area contributed by atoms with Crippen LogP contribution in [-0.2, 0) is 0 Å². The van der Waals surface area contributed by atoms with E-state index in [2.05, 4.69) is 5.32 Å². The zero-order valence-corrected chi connectivity index (χ0v) is 20.2. The number of amides is 2. The van der Waals surface area contributed by atoms with Gasteiger partial charge in [0.1, 0.15) is 11.3 Å². The van der Waals surface area contributed by atoms with E-state index in [0.717, 1.165) is 46.5 Å². The minimum absolute atomic E-state index is 0.0370. The van der Waals surface area contributed by atoms with Crippen LogP contribution in [0.15, 0.2) is 65.3 Å². The molecular weight excluding hydrogens is 458 g/mol. The van der Waals surface area contributed by atoms with Crippen LogP contribution < -0.4 is 5.32 Å². The van der Waals surface area contributed by atoms with Crippen LogP contribution in [0.1, 0.15) is 57.5 Å². The van der Waals surface area contributed by atoms with E-state index in [4.69, 9.17) is 9.40 Å². The van der Waals surface area contributed by atoms with Gasteiger partial charge in [0.15, 0.2) is 0 Å². The number of carbonyl (C=O) groups excluding carboxylic acids is 2. The van der Waals surface area contributed by atoms with Crippen molar-refractivity contribution in [1.82, 2.24) is 15.2 Å². The van der Waals surface area contributed by atoms with Gasteiger partial charge in [-0.25, -0.2) is 4.98 Å². The summed E-state index contributed by atoms with van der Waals surface area (Å²) in [5.74, 6) is 0.831. The van der Waals surface area contributed by atoms with Gasteiger partial charge in [-0.2, -0.15) is 0 Å². The van der Waals surface area contributed by atoms with Gasteiger partial charge in [-0.15, -0.1) is 11.3 Å². The number of fused-ring (bicyclic) bond motifs is 1. The average molecular weight is 486 g/mol. The summed E-state index contributed by atoms with van der Waals surface area (Å²) in [7, 11) is 0. The molecule has 2 aromatic heterocycles. The van der Waals surface area contributed by atoms with Crippen molar-refractivity contribution in [2.75, 3.05) is 19.6 Å². The molecule has 0 bridgehead atoms. The quantitative estimate of drug-likeness (QED) is 0.329. The zero-order chi connectivity index (χ0) is 23.8. The molecule has 2 fully saturated rings. The maximum atomic E-state index is 13.8. The summed E-state index contributed by atoms with van der Waals surface area (Å²) in [5.41, 5.74) is 2.86. The summed E-state index contributed by atoms with van der Waals surface area (Å²) in [4.78, 5) is 34.3. The number of nitrogens with zero attached hydrogens (tertiary/aromatic N) is 2. The Morgan fingerprint density at radius 3 is 2.63 bits per heavy atom. The molecule has 0 spiro atoms. The highest BCUT2D eigenvalue weighted by Crippen LogP contribution is 2.45. The first kappa shape index (κ1) is 22.0. The number of hydrogen-bond donors (Lipinski definition) is 1. The van der Waals surface area contributed by atoms with Gasteiger partial charge in [0.2, 0.25) is 0 Å². The molecule has 2 heterocycles. The second-order valence-corrected chi connectivity index (χ2v) is 10.5. The minimum atomic E-state index is -0.162. The summed E-state index contributed by atoms with van der Waals surface area (Å²) in [6.07, 6.45) is 6.18. The Bertz CT molecular complexity index is 1370. The first-order chi connectivity index (χ1) is 17.2. The molecule has 1 N–H and O–H groups in total. The highest BCUT2D eigenvalue weighted by molar-refractivity contribution is 7.15. The van der Waals surface area contributed by atoms with E-state index in [1.165, 1.54) is 0 Å². The van der Waals surface area contributed by atoms with E-state index in [1.807, 2.05) is 47.4 Å². The summed E-state index contributed by atoms with van der Waals surface area (Å²) in [6, 6.07) is 17.3. The van der Waals surface area contributed by atoms with Gasteiger partial charge in [0, 0.05) is 30.9 Å². The van der Waals surface area contributed by atoms with Gasteiger partial charge in [0.25, 0.3) is 11.8 Å². The first-order valence-corrected chi connectivity index (χ1v) is 13.1. The summed E-state index contributed by atoms with van der Waals surface area (Å²) in [6.45, 7) is 1.54. The molecule has 2 aromatic carbocycles. The number of hydrogen-bond acceptors (Lipinski definition) is 5. The van der Waals surface area contributed by atoms with Crippen molar-refractivity contribution in [2.45, 2.75) is 31.6 Å². The summed E-state index contributed by atoms with van der Waals surface area (Å²) in [5, 5.41) is 4.86. The fourth-order valence-electron chi connectivity index (χ4n) is 4.40. The maximum absolute atomic E-state index is 13.8. The Balaban J connectivity index is 1.20. The number of thiazole rings is 1. The van der Waals surface area contributed by atoms with Gasteiger partial charge in [-0.1, -0.05) is 36.4 Å². The third-order valence-electron chi connectivity index (χ3n) is 6.68. The molecule has 35 heavy (non-hydrogen) atoms. The molecule has 2 aliphatic carbocycles. The van der Waals surface area contributed by atoms with Crippen LogP contribution in [0, 0.1) is 5.92 Å². The zero-order valence-electron chi connectivity index (χ0n) is 19.4. The molecule has 0 aliphatic heterocycles. The van der Waals surface area contributed by atoms with E-state index in [9.17, 15) is 9.59 Å². The number of nitrogens with one attached hydrogen (secondary N) is 1. The number of aromatic nitrogens is 1. The van der Waals surface area contributed by atoms with Crippen molar-refractivity contribution in [3.05, 3.63) is 77.1 Å². The molecule has 0 radical (unpaired) electrons. The van der Waals surface area contributed by atoms with Crippen LogP contribution in [-0.4, -0.2) is 41.3 Å². The molecule has 2 saturated carbocycles. The molecule has 178 valence electrons. The lowest BCUT2D eigenvalue weighted by Crippen LogP contribution is -2.40. The molecule has 6 nitrogen and oxygen atoms in total. The lowest BCUT2D eigenvalue weighted by molar-refractivity contribution is 0.0736. The van der Waals surface area contributed by atoms with E-state index in [0.29, 0.717) is 48.3 Å². The van der Waals surface area contributed by atoms with Gasteiger partial charge in [-0.3, -0.25) is 9.59 Å². The van der Waals surface area contributed by atoms with Crippen LogP contribution >= 0.6 is 11.3 Å². The van der Waals surface area contributed by atoms with Crippen LogP contribution in [0.2, 0.25) is 0 Å². The molecule has 6 rings (SSSR count). The highest BCUT2D eigenvalue weighted by atomic mass is 32.1. The Hall–Kier alpha value is -3.45. The first-order valence-electron chi connectivity index (χ1n) is 12.3. The van der Waals surface area contributed by atoms with Crippen molar-refractivity contribution in [1.29, 1.82) is 0 Å². The predicted octanol–water partition coefficient (Wildman–Crippen LogP) is 5.72. The Labute approximate surface area is 208 Å². The van der Waals surface area contributed by atoms with Crippen molar-refractivity contribution in [3.63, 3.8) is 0 Å². The van der Waals surface area contributed by atoms with Crippen LogP contribution in [0.4, 0.5) is 0 Å². The van der Waals surface area contributed by atoms with Crippen molar-refractivity contribution in [2.24, 2.45) is 5.92 Å². The van der Waals surface area contributed by atoms with Crippen LogP contribution in [0.25, 0.3) is 21.4 Å². The van der Waals surface area contributed by atoms with E-state index < -0.39 is 0 Å². The van der Waals surface area contributed by atoms with Crippen molar-refractivity contribution >= 4 is 34.1 Å². The fraction of sp³-hybridized carbons (Fsp3) is 0.321. The third kappa shape index (κ3) is 4.73. The molecule has 7 heteroatoms. The molecule has 0 atom stereocenters. The summed E-state index contributed by atoms with van der Waals surface area (Å²) >= 11 is 1.65. The smallest absolute Gasteiger partial charge is 0.274 e. The van der Waals surface area contributed by atoms with E-state index >= 15 is 0 Å². The lowest BCUT2D eigenvalue weighted by atomic mass is 10.1. The molecule has 2 aliphatic rings. The standard InChI is InChI=1S/C28H27N3O3S/c32-26(22-7-4-8-23-21(22)13-16-34-23)29-14-15-31(17-18-9-10-18)28(33)24-25(19-5-2-1-3-6-19)35-27(30-24)20-11-12-20/h1-8,13,16,18,20H,9-12,14-15,17H2,(H,29,32). The normalized spacial score (nSPS) is 15.3. The maximum Gasteiger partial charge on any atom is 0.274 e. The molecular formula is C28H27N3O3S. The second kappa shape index (κ2) is 9.30. The van der Waals surface area contributed by atoms with Crippen molar-refractivity contribution in [3.8, 4) is 10.4 Å². The van der Waals surface area contributed by atoms with Crippen molar-refractivity contribution < 1.29 is 14.0 Å². The Morgan fingerprint density at radius 2 is 1.86 bits per heavy atom. The SMILES string of the molecule is O=C(NCCN(CC1CC1)C(=O)c1nc(C2CC2)sc1-c1ccccc1)c1cccc2occc12. The number of furan rings is 1. The Morgan fingerprint density at radius 1 is 1.03 bits per heavy atom. The van der Waals surface area contributed by atoms with Crippen LogP contribution in [0.3, 0.4) is 0 Å². The third-order valence-corrected chi connectivity index (χ3v) is 7.95. The van der Waals surface area contributed by atoms with Gasteiger partial charge in [-0.05, 0) is 55.4 Å². The lowest BCUT2D eigenvalue weighted by Gasteiger charge is -2.22. The fourth-order valence-corrected chi connectivity index (χ4v) is 5.63. The molecule has 0 saturated heterocycles.